The molecule has 2 aromatic rings. The van der Waals surface area contributed by atoms with Crippen molar-refractivity contribution in [3.8, 4) is 11.5 Å². The third-order valence-corrected chi connectivity index (χ3v) is 6.68. The van der Waals surface area contributed by atoms with E-state index in [-0.39, 0.29) is 16.7 Å². The number of hydrogen-bond donors (Lipinski definition) is 1. The average molecular weight is 401 g/mol. The Balaban J connectivity index is 1.59. The van der Waals surface area contributed by atoms with Crippen LogP contribution in [0.3, 0.4) is 0 Å². The normalized spacial score (nSPS) is 15.7. The summed E-state index contributed by atoms with van der Waals surface area (Å²) in [4.78, 5) is 11.5. The van der Waals surface area contributed by atoms with Crippen molar-refractivity contribution in [1.29, 1.82) is 0 Å². The van der Waals surface area contributed by atoms with Gasteiger partial charge in [-0.05, 0) is 61.2 Å². The third kappa shape index (κ3) is 4.99. The highest BCUT2D eigenvalue weighted by molar-refractivity contribution is 7.89. The molecule has 148 valence electrons. The van der Waals surface area contributed by atoms with Crippen LogP contribution in [0.4, 0.5) is 0 Å². The van der Waals surface area contributed by atoms with E-state index in [4.69, 9.17) is 4.74 Å². The second-order valence-electron chi connectivity index (χ2n) is 6.68. The first-order valence-corrected chi connectivity index (χ1v) is 10.7. The number of nitrogens with one attached hydrogen (secondary N) is 1. The molecule has 1 aliphatic rings. The molecule has 7 heteroatoms. The quantitative estimate of drug-likeness (QED) is 0.725. The minimum absolute atomic E-state index is 0.201. The van der Waals surface area contributed by atoms with Gasteiger partial charge < -0.3 is 10.1 Å². The second-order valence-corrected chi connectivity index (χ2v) is 8.62. The topological polar surface area (TPSA) is 75.7 Å². The number of ether oxygens (including phenoxy) is 1. The molecule has 3 rings (SSSR count). The average Bonchev–Trinajstić information content (AvgIpc) is 2.73. The van der Waals surface area contributed by atoms with E-state index in [1.165, 1.54) is 10.4 Å². The summed E-state index contributed by atoms with van der Waals surface area (Å²) in [5.41, 5.74) is 0. The number of rotatable bonds is 7. The minimum Gasteiger partial charge on any atom is -0.457 e. The first-order valence-electron chi connectivity index (χ1n) is 9.22. The summed E-state index contributed by atoms with van der Waals surface area (Å²) < 4.78 is 33.0. The van der Waals surface area contributed by atoms with Crippen LogP contribution in [0.15, 0.2) is 72.1 Å². The Labute approximate surface area is 165 Å². The number of para-hydroxylation sites is 1. The molecule has 0 aromatic heterocycles. The summed E-state index contributed by atoms with van der Waals surface area (Å²) in [6.45, 7) is 4.86. The summed E-state index contributed by atoms with van der Waals surface area (Å²) in [6, 6.07) is 15.8. The number of carbonyl (C=O) groups excluding carboxylic acids is 1. The lowest BCUT2D eigenvalue weighted by Gasteiger charge is -2.31. The lowest BCUT2D eigenvalue weighted by atomic mass is 9.98. The largest absolute Gasteiger partial charge is 0.457 e. The SMILES string of the molecule is C=CC(=O)NCC1CCN(S(=O)(=O)c2ccc(Oc3ccccc3)cc2)CC1. The molecular formula is C21H24N2O4S. The van der Waals surface area contributed by atoms with Crippen molar-refractivity contribution in [1.82, 2.24) is 9.62 Å². The molecule has 0 aliphatic carbocycles. The number of amides is 1. The summed E-state index contributed by atoms with van der Waals surface area (Å²) >= 11 is 0. The van der Waals surface area contributed by atoms with Crippen molar-refractivity contribution in [3.63, 3.8) is 0 Å². The number of piperidine rings is 1. The van der Waals surface area contributed by atoms with Gasteiger partial charge in [0.15, 0.2) is 0 Å². The number of carbonyl (C=O) groups is 1. The fourth-order valence-electron chi connectivity index (χ4n) is 3.12. The molecule has 0 radical (unpaired) electrons. The molecule has 6 nitrogen and oxygen atoms in total. The van der Waals surface area contributed by atoms with Crippen molar-refractivity contribution in [2.24, 2.45) is 5.92 Å². The Morgan fingerprint density at radius 3 is 2.29 bits per heavy atom. The van der Waals surface area contributed by atoms with Crippen molar-refractivity contribution < 1.29 is 17.9 Å². The maximum Gasteiger partial charge on any atom is 0.243 e. The number of benzene rings is 2. The molecule has 2 aromatic carbocycles. The van der Waals surface area contributed by atoms with Gasteiger partial charge in [0.1, 0.15) is 11.5 Å². The Morgan fingerprint density at radius 2 is 1.68 bits per heavy atom. The molecule has 0 saturated carbocycles. The predicted molar refractivity (Wildman–Crippen MR) is 108 cm³/mol. The molecule has 1 aliphatic heterocycles. The van der Waals surface area contributed by atoms with Crippen LogP contribution in [0.5, 0.6) is 11.5 Å². The van der Waals surface area contributed by atoms with Gasteiger partial charge in [0.05, 0.1) is 4.90 Å². The molecule has 0 bridgehead atoms. The van der Waals surface area contributed by atoms with E-state index in [1.54, 1.807) is 24.3 Å². The Bertz CT molecular complexity index is 903. The first-order chi connectivity index (χ1) is 13.5. The molecule has 1 heterocycles. The van der Waals surface area contributed by atoms with E-state index in [0.717, 1.165) is 0 Å². The highest BCUT2D eigenvalue weighted by Gasteiger charge is 2.29. The summed E-state index contributed by atoms with van der Waals surface area (Å²) in [5, 5.41) is 2.77. The minimum atomic E-state index is -3.54. The monoisotopic (exact) mass is 400 g/mol. The van der Waals surface area contributed by atoms with Gasteiger partial charge in [-0.15, -0.1) is 0 Å². The van der Waals surface area contributed by atoms with Crippen molar-refractivity contribution in [3.05, 3.63) is 67.3 Å². The van der Waals surface area contributed by atoms with E-state index >= 15 is 0 Å². The van der Waals surface area contributed by atoms with Crippen LogP contribution in [0, 0.1) is 5.92 Å². The van der Waals surface area contributed by atoms with Gasteiger partial charge >= 0.3 is 0 Å². The van der Waals surface area contributed by atoms with Crippen LogP contribution in [-0.2, 0) is 14.8 Å². The molecular weight excluding hydrogens is 376 g/mol. The fourth-order valence-corrected chi connectivity index (χ4v) is 4.59. The Morgan fingerprint density at radius 1 is 1.07 bits per heavy atom. The van der Waals surface area contributed by atoms with Gasteiger partial charge in [-0.2, -0.15) is 4.31 Å². The Kier molecular flexibility index (Phi) is 6.49. The molecule has 0 unspecified atom stereocenters. The smallest absolute Gasteiger partial charge is 0.243 e. The summed E-state index contributed by atoms with van der Waals surface area (Å²) in [6.07, 6.45) is 2.67. The van der Waals surface area contributed by atoms with Crippen molar-refractivity contribution >= 4 is 15.9 Å². The van der Waals surface area contributed by atoms with Crippen molar-refractivity contribution in [2.75, 3.05) is 19.6 Å². The van der Waals surface area contributed by atoms with Gasteiger partial charge in [-0.3, -0.25) is 4.79 Å². The van der Waals surface area contributed by atoms with Crippen LogP contribution in [-0.4, -0.2) is 38.3 Å². The van der Waals surface area contributed by atoms with E-state index in [9.17, 15) is 13.2 Å². The van der Waals surface area contributed by atoms with Gasteiger partial charge in [0, 0.05) is 19.6 Å². The van der Waals surface area contributed by atoms with E-state index in [2.05, 4.69) is 11.9 Å². The molecule has 1 N–H and O–H groups in total. The molecule has 28 heavy (non-hydrogen) atoms. The van der Waals surface area contributed by atoms with Crippen LogP contribution in [0.25, 0.3) is 0 Å². The van der Waals surface area contributed by atoms with Crippen molar-refractivity contribution in [2.45, 2.75) is 17.7 Å². The zero-order valence-corrected chi connectivity index (χ0v) is 16.4. The molecule has 1 fully saturated rings. The molecule has 1 saturated heterocycles. The highest BCUT2D eigenvalue weighted by atomic mass is 32.2. The highest BCUT2D eigenvalue weighted by Crippen LogP contribution is 2.26. The molecule has 1 amide bonds. The number of hydrogen-bond acceptors (Lipinski definition) is 4. The van der Waals surface area contributed by atoms with Gasteiger partial charge in [0.25, 0.3) is 0 Å². The zero-order chi connectivity index (χ0) is 20.0. The molecule has 0 atom stereocenters. The lowest BCUT2D eigenvalue weighted by Crippen LogP contribution is -2.41. The second kappa shape index (κ2) is 9.03. The maximum atomic E-state index is 12.9. The summed E-state index contributed by atoms with van der Waals surface area (Å²) in [5.74, 6) is 1.36. The van der Waals surface area contributed by atoms with E-state index in [1.807, 2.05) is 30.3 Å². The Hall–Kier alpha value is -2.64. The number of sulfonamides is 1. The van der Waals surface area contributed by atoms with Gasteiger partial charge in [-0.1, -0.05) is 24.8 Å². The maximum absolute atomic E-state index is 12.9. The lowest BCUT2D eigenvalue weighted by molar-refractivity contribution is -0.116. The zero-order valence-electron chi connectivity index (χ0n) is 15.6. The standard InChI is InChI=1S/C21H24N2O4S/c1-2-21(24)22-16-17-12-14-23(15-13-17)28(25,26)20-10-8-19(9-11-20)27-18-6-4-3-5-7-18/h2-11,17H,1,12-16H2,(H,22,24). The third-order valence-electron chi connectivity index (χ3n) is 4.76. The van der Waals surface area contributed by atoms with Gasteiger partial charge in [-0.25, -0.2) is 8.42 Å². The van der Waals surface area contributed by atoms with Crippen LogP contribution in [0.2, 0.25) is 0 Å². The summed E-state index contributed by atoms with van der Waals surface area (Å²) in [7, 11) is -3.54. The fraction of sp³-hybridized carbons (Fsp3) is 0.286. The van der Waals surface area contributed by atoms with E-state index in [0.29, 0.717) is 44.0 Å². The van der Waals surface area contributed by atoms with Crippen LogP contribution >= 0.6 is 0 Å². The van der Waals surface area contributed by atoms with Crippen LogP contribution in [0.1, 0.15) is 12.8 Å². The van der Waals surface area contributed by atoms with Gasteiger partial charge in [0.2, 0.25) is 15.9 Å². The predicted octanol–water partition coefficient (Wildman–Crippen LogP) is 3.18. The van der Waals surface area contributed by atoms with Crippen LogP contribution < -0.4 is 10.1 Å². The molecule has 0 spiro atoms. The van der Waals surface area contributed by atoms with E-state index < -0.39 is 10.0 Å². The first kappa shape index (κ1) is 20.1. The number of nitrogens with zero attached hydrogens (tertiary/aromatic N) is 1.